The number of hydrogen-bond acceptors (Lipinski definition) is 4. The zero-order chi connectivity index (χ0) is 16.8. The van der Waals surface area contributed by atoms with Crippen molar-refractivity contribution < 1.29 is 9.90 Å². The van der Waals surface area contributed by atoms with Crippen molar-refractivity contribution >= 4 is 23.2 Å². The number of aliphatic imine (C=N–C) groups is 1. The van der Waals surface area contributed by atoms with Gasteiger partial charge in [0.25, 0.3) is 0 Å². The predicted molar refractivity (Wildman–Crippen MR) is 93.5 cm³/mol. The van der Waals surface area contributed by atoms with Crippen LogP contribution < -0.4 is 5.32 Å². The Bertz CT molecular complexity index is 528. The van der Waals surface area contributed by atoms with Gasteiger partial charge in [-0.2, -0.15) is 0 Å². The van der Waals surface area contributed by atoms with E-state index < -0.39 is 0 Å². The summed E-state index contributed by atoms with van der Waals surface area (Å²) in [5.41, 5.74) is 0. The summed E-state index contributed by atoms with van der Waals surface area (Å²) in [6.07, 6.45) is 0.626. The molecule has 1 aromatic heterocycles. The molecule has 0 aromatic carbocycles. The van der Waals surface area contributed by atoms with Crippen LogP contribution in [0.5, 0.6) is 0 Å². The lowest BCUT2D eigenvalue weighted by molar-refractivity contribution is -0.127. The van der Waals surface area contributed by atoms with Gasteiger partial charge in [-0.3, -0.25) is 4.79 Å². The van der Waals surface area contributed by atoms with Crippen molar-refractivity contribution in [1.29, 1.82) is 0 Å². The van der Waals surface area contributed by atoms with Crippen LogP contribution in [-0.2, 0) is 11.3 Å². The van der Waals surface area contributed by atoms with Crippen LogP contribution in [0.25, 0.3) is 0 Å². The number of guanidine groups is 1. The van der Waals surface area contributed by atoms with Gasteiger partial charge in [0.15, 0.2) is 5.96 Å². The second-order valence-corrected chi connectivity index (χ2v) is 7.13. The topological polar surface area (TPSA) is 68.2 Å². The highest BCUT2D eigenvalue weighted by Gasteiger charge is 2.28. The fourth-order valence-electron chi connectivity index (χ4n) is 2.50. The first-order valence-corrected chi connectivity index (χ1v) is 8.79. The minimum absolute atomic E-state index is 0.0216. The van der Waals surface area contributed by atoms with Gasteiger partial charge in [0.1, 0.15) is 6.54 Å². The van der Waals surface area contributed by atoms with E-state index in [2.05, 4.69) is 21.3 Å². The summed E-state index contributed by atoms with van der Waals surface area (Å²) in [7, 11) is 3.46. The Morgan fingerprint density at radius 1 is 1.61 bits per heavy atom. The van der Waals surface area contributed by atoms with Crippen LogP contribution in [0.3, 0.4) is 0 Å². The number of hydrogen-bond donors (Lipinski definition) is 2. The van der Waals surface area contributed by atoms with E-state index in [1.54, 1.807) is 30.3 Å². The third-order valence-corrected chi connectivity index (χ3v) is 4.95. The second kappa shape index (κ2) is 8.31. The van der Waals surface area contributed by atoms with Crippen molar-refractivity contribution in [1.82, 2.24) is 15.1 Å². The maximum Gasteiger partial charge on any atom is 0.243 e. The van der Waals surface area contributed by atoms with Crippen molar-refractivity contribution in [3.05, 3.63) is 22.4 Å². The average molecular weight is 338 g/mol. The summed E-state index contributed by atoms with van der Waals surface area (Å²) >= 11 is 1.69. The Labute approximate surface area is 141 Å². The molecular weight excluding hydrogens is 312 g/mol. The molecular formula is C16H26N4O2S. The van der Waals surface area contributed by atoms with Gasteiger partial charge in [0, 0.05) is 38.0 Å². The van der Waals surface area contributed by atoms with E-state index >= 15 is 0 Å². The van der Waals surface area contributed by atoms with Crippen molar-refractivity contribution in [2.75, 3.05) is 33.7 Å². The van der Waals surface area contributed by atoms with Crippen LogP contribution in [0.1, 0.15) is 18.2 Å². The largest absolute Gasteiger partial charge is 0.393 e. The molecule has 0 spiro atoms. The number of carbonyl (C=O) groups excluding carboxylic acids is 1. The number of carbonyl (C=O) groups is 1. The molecule has 1 aromatic rings. The highest BCUT2D eigenvalue weighted by Crippen LogP contribution is 2.20. The summed E-state index contributed by atoms with van der Waals surface area (Å²) < 4.78 is 0. The molecule has 1 amide bonds. The minimum Gasteiger partial charge on any atom is -0.393 e. The zero-order valence-electron chi connectivity index (χ0n) is 14.0. The van der Waals surface area contributed by atoms with Crippen LogP contribution >= 0.6 is 11.3 Å². The second-order valence-electron chi connectivity index (χ2n) is 6.10. The van der Waals surface area contributed by atoms with Crippen molar-refractivity contribution in [2.45, 2.75) is 26.0 Å². The molecule has 0 saturated carbocycles. The summed E-state index contributed by atoms with van der Waals surface area (Å²) in [5.74, 6) is 0.983. The molecule has 1 fully saturated rings. The summed E-state index contributed by atoms with van der Waals surface area (Å²) in [6, 6.07) is 4.09. The maximum absolute atomic E-state index is 11.8. The number of likely N-dealkylation sites (N-methyl/N-ethyl adjacent to an activating group) is 1. The monoisotopic (exact) mass is 338 g/mol. The number of rotatable bonds is 5. The number of aliphatic hydroxyl groups excluding tert-OH is 1. The average Bonchev–Trinajstić information content (AvgIpc) is 3.18. The summed E-state index contributed by atoms with van der Waals surface area (Å²) in [6.45, 7) is 4.28. The van der Waals surface area contributed by atoms with E-state index in [0.717, 1.165) is 25.5 Å². The molecule has 2 N–H and O–H groups in total. The van der Waals surface area contributed by atoms with Crippen LogP contribution in [0.15, 0.2) is 22.5 Å². The highest BCUT2D eigenvalue weighted by atomic mass is 32.1. The molecule has 128 valence electrons. The predicted octanol–water partition coefficient (Wildman–Crippen LogP) is 0.985. The van der Waals surface area contributed by atoms with Crippen LogP contribution in [0.2, 0.25) is 0 Å². The summed E-state index contributed by atoms with van der Waals surface area (Å²) in [4.78, 5) is 21.2. The summed E-state index contributed by atoms with van der Waals surface area (Å²) in [5, 5.41) is 15.2. The zero-order valence-corrected chi connectivity index (χ0v) is 14.8. The molecule has 2 rings (SSSR count). The molecule has 1 saturated heterocycles. The molecule has 2 atom stereocenters. The van der Waals surface area contributed by atoms with Gasteiger partial charge in [0.2, 0.25) is 5.91 Å². The van der Waals surface area contributed by atoms with E-state index in [9.17, 15) is 9.90 Å². The molecule has 0 radical (unpaired) electrons. The Morgan fingerprint density at radius 2 is 2.39 bits per heavy atom. The van der Waals surface area contributed by atoms with Crippen molar-refractivity contribution in [2.24, 2.45) is 10.9 Å². The SMILES string of the molecule is CC(O)C1CCN(C(=NCC(=O)N(C)C)NCc2cccs2)C1. The van der Waals surface area contributed by atoms with Gasteiger partial charge in [-0.1, -0.05) is 6.07 Å². The Hall–Kier alpha value is -1.60. The quantitative estimate of drug-likeness (QED) is 0.620. The van der Waals surface area contributed by atoms with Crippen molar-refractivity contribution in [3.8, 4) is 0 Å². The normalized spacial score (nSPS) is 19.7. The van der Waals surface area contributed by atoms with Crippen LogP contribution in [-0.4, -0.2) is 66.6 Å². The number of nitrogens with zero attached hydrogens (tertiary/aromatic N) is 3. The number of likely N-dealkylation sites (tertiary alicyclic amines) is 1. The molecule has 23 heavy (non-hydrogen) atoms. The number of thiophene rings is 1. The molecule has 0 bridgehead atoms. The molecule has 0 aliphatic carbocycles. The van der Waals surface area contributed by atoms with Gasteiger partial charge < -0.3 is 20.2 Å². The van der Waals surface area contributed by atoms with E-state index in [1.165, 1.54) is 4.88 Å². The first-order valence-electron chi connectivity index (χ1n) is 7.91. The highest BCUT2D eigenvalue weighted by molar-refractivity contribution is 7.09. The standard InChI is InChI=1S/C16H26N4O2S/c1-12(21)13-6-7-20(11-13)16(18-10-15(22)19(2)3)17-9-14-5-4-8-23-14/h4-5,8,12-13,21H,6-7,9-11H2,1-3H3,(H,17,18). The maximum atomic E-state index is 11.8. The molecule has 6 nitrogen and oxygen atoms in total. The number of aliphatic hydroxyl groups is 1. The van der Waals surface area contributed by atoms with E-state index in [0.29, 0.717) is 6.54 Å². The van der Waals surface area contributed by atoms with Gasteiger partial charge in [-0.25, -0.2) is 4.99 Å². The number of nitrogens with one attached hydrogen (secondary N) is 1. The van der Waals surface area contributed by atoms with Crippen LogP contribution in [0, 0.1) is 5.92 Å². The molecule has 1 aliphatic rings. The fourth-order valence-corrected chi connectivity index (χ4v) is 3.15. The van der Waals surface area contributed by atoms with E-state index in [-0.39, 0.29) is 24.5 Å². The minimum atomic E-state index is -0.318. The van der Waals surface area contributed by atoms with Gasteiger partial charge in [-0.05, 0) is 24.8 Å². The molecule has 2 heterocycles. The molecule has 2 unspecified atom stereocenters. The Morgan fingerprint density at radius 3 is 2.96 bits per heavy atom. The fraction of sp³-hybridized carbons (Fsp3) is 0.625. The van der Waals surface area contributed by atoms with E-state index in [1.807, 2.05) is 18.4 Å². The lowest BCUT2D eigenvalue weighted by Gasteiger charge is -2.23. The Kier molecular flexibility index (Phi) is 6.41. The van der Waals surface area contributed by atoms with E-state index in [4.69, 9.17) is 0 Å². The van der Waals surface area contributed by atoms with Gasteiger partial charge >= 0.3 is 0 Å². The lowest BCUT2D eigenvalue weighted by Crippen LogP contribution is -2.41. The smallest absolute Gasteiger partial charge is 0.243 e. The first-order chi connectivity index (χ1) is 11.0. The molecule has 7 heteroatoms. The molecule has 1 aliphatic heterocycles. The van der Waals surface area contributed by atoms with Crippen LogP contribution in [0.4, 0.5) is 0 Å². The van der Waals surface area contributed by atoms with Crippen molar-refractivity contribution in [3.63, 3.8) is 0 Å². The van der Waals surface area contributed by atoms with Gasteiger partial charge in [0.05, 0.1) is 12.6 Å². The lowest BCUT2D eigenvalue weighted by atomic mass is 10.0. The third kappa shape index (κ3) is 5.21. The Balaban J connectivity index is 2.01. The number of amides is 1. The third-order valence-electron chi connectivity index (χ3n) is 4.07. The van der Waals surface area contributed by atoms with Gasteiger partial charge in [-0.15, -0.1) is 11.3 Å². The first kappa shape index (κ1) is 17.7.